The van der Waals surface area contributed by atoms with E-state index in [0.717, 1.165) is 4.90 Å². The van der Waals surface area contributed by atoms with Crippen LogP contribution in [0.4, 0.5) is 5.69 Å². The highest BCUT2D eigenvalue weighted by molar-refractivity contribution is 6.23. The van der Waals surface area contributed by atoms with Crippen molar-refractivity contribution < 1.29 is 19.1 Å². The van der Waals surface area contributed by atoms with E-state index >= 15 is 0 Å². The number of ether oxygens (including phenoxy) is 1. The van der Waals surface area contributed by atoms with Gasteiger partial charge in [-0.3, -0.25) is 14.4 Å². The maximum absolute atomic E-state index is 12.8. The molecule has 130 valence electrons. The molecule has 0 aliphatic carbocycles. The van der Waals surface area contributed by atoms with Crippen LogP contribution in [0.1, 0.15) is 41.0 Å². The van der Waals surface area contributed by atoms with E-state index in [9.17, 15) is 14.4 Å². The van der Waals surface area contributed by atoms with Crippen molar-refractivity contribution in [3.05, 3.63) is 24.3 Å². The minimum atomic E-state index is -0.762. The molecule has 0 N–H and O–H groups in total. The van der Waals surface area contributed by atoms with Crippen molar-refractivity contribution in [2.45, 2.75) is 52.6 Å². The maximum atomic E-state index is 12.8. The predicted octanol–water partition coefficient (Wildman–Crippen LogP) is 2.36. The van der Waals surface area contributed by atoms with Gasteiger partial charge in [-0.2, -0.15) is 0 Å². The van der Waals surface area contributed by atoms with Gasteiger partial charge in [0.15, 0.2) is 0 Å². The third kappa shape index (κ3) is 3.42. The summed E-state index contributed by atoms with van der Waals surface area (Å²) >= 11 is 0. The fraction of sp³-hybridized carbons (Fsp3) is 0.500. The van der Waals surface area contributed by atoms with E-state index in [4.69, 9.17) is 4.74 Å². The molecule has 1 saturated heterocycles. The molecule has 1 unspecified atom stereocenters. The average Bonchev–Trinajstić information content (AvgIpc) is 2.73. The number of carbonyl (C=O) groups is 3. The standard InChI is InChI=1S/C18H24N2O4/c1-6-24-14-9-7-13(8-10-14)19-16(22)11-15(17(19)23)20(12(2)21)18(3,4)5/h7-10,15H,6,11H2,1-5H3. The molecule has 0 spiro atoms. The van der Waals surface area contributed by atoms with E-state index in [1.54, 1.807) is 24.3 Å². The quantitative estimate of drug-likeness (QED) is 0.794. The zero-order chi connectivity index (χ0) is 18.1. The van der Waals surface area contributed by atoms with Gasteiger partial charge in [-0.15, -0.1) is 0 Å². The fourth-order valence-electron chi connectivity index (χ4n) is 3.11. The van der Waals surface area contributed by atoms with Crippen LogP contribution in [0.15, 0.2) is 24.3 Å². The Morgan fingerprint density at radius 1 is 1.25 bits per heavy atom. The number of carbonyl (C=O) groups excluding carboxylic acids is 3. The number of amides is 3. The normalized spacial score (nSPS) is 18.0. The van der Waals surface area contributed by atoms with Gasteiger partial charge in [0.25, 0.3) is 5.91 Å². The number of nitrogens with zero attached hydrogens (tertiary/aromatic N) is 2. The highest BCUT2D eigenvalue weighted by Crippen LogP contribution is 2.30. The predicted molar refractivity (Wildman–Crippen MR) is 90.8 cm³/mol. The van der Waals surface area contributed by atoms with E-state index in [2.05, 4.69) is 0 Å². The Bertz CT molecular complexity index is 646. The molecule has 1 aromatic carbocycles. The molecule has 0 saturated carbocycles. The lowest BCUT2D eigenvalue weighted by atomic mass is 10.0. The summed E-state index contributed by atoms with van der Waals surface area (Å²) in [5, 5.41) is 0. The highest BCUT2D eigenvalue weighted by atomic mass is 16.5. The number of benzene rings is 1. The Balaban J connectivity index is 2.30. The zero-order valence-corrected chi connectivity index (χ0v) is 14.8. The number of hydrogen-bond donors (Lipinski definition) is 0. The Morgan fingerprint density at radius 3 is 2.29 bits per heavy atom. The van der Waals surface area contributed by atoms with E-state index < -0.39 is 11.6 Å². The van der Waals surface area contributed by atoms with Gasteiger partial charge in [0.1, 0.15) is 11.8 Å². The van der Waals surface area contributed by atoms with E-state index in [0.29, 0.717) is 18.0 Å². The molecule has 1 aliphatic rings. The Kier molecular flexibility index (Phi) is 4.96. The summed E-state index contributed by atoms with van der Waals surface area (Å²) in [6, 6.07) is 6.04. The second-order valence-electron chi connectivity index (χ2n) is 6.77. The van der Waals surface area contributed by atoms with Gasteiger partial charge in [-0.05, 0) is 52.0 Å². The van der Waals surface area contributed by atoms with Crippen LogP contribution in [0.3, 0.4) is 0 Å². The second-order valence-corrected chi connectivity index (χ2v) is 6.77. The van der Waals surface area contributed by atoms with Gasteiger partial charge in [0, 0.05) is 12.5 Å². The third-order valence-corrected chi connectivity index (χ3v) is 3.90. The van der Waals surface area contributed by atoms with Gasteiger partial charge >= 0.3 is 0 Å². The van der Waals surface area contributed by atoms with Gasteiger partial charge in [0.05, 0.1) is 18.7 Å². The summed E-state index contributed by atoms with van der Waals surface area (Å²) in [6.45, 7) is 9.41. The minimum Gasteiger partial charge on any atom is -0.494 e. The van der Waals surface area contributed by atoms with Crippen LogP contribution in [-0.4, -0.2) is 40.8 Å². The Morgan fingerprint density at radius 2 is 1.83 bits per heavy atom. The summed E-state index contributed by atoms with van der Waals surface area (Å²) in [7, 11) is 0. The highest BCUT2D eigenvalue weighted by Gasteiger charge is 2.46. The smallest absolute Gasteiger partial charge is 0.257 e. The molecule has 1 fully saturated rings. The third-order valence-electron chi connectivity index (χ3n) is 3.90. The lowest BCUT2D eigenvalue weighted by Crippen LogP contribution is -2.53. The molecule has 1 atom stereocenters. The molecule has 3 amide bonds. The first-order chi connectivity index (χ1) is 11.2. The molecule has 2 rings (SSSR count). The van der Waals surface area contributed by atoms with Gasteiger partial charge in [-0.1, -0.05) is 0 Å². The van der Waals surface area contributed by atoms with Crippen molar-refractivity contribution in [2.24, 2.45) is 0 Å². The summed E-state index contributed by atoms with van der Waals surface area (Å²) in [4.78, 5) is 39.9. The SMILES string of the molecule is CCOc1ccc(N2C(=O)CC(N(C(C)=O)C(C)(C)C)C2=O)cc1. The molecule has 1 aromatic rings. The van der Waals surface area contributed by atoms with E-state index in [1.807, 2.05) is 27.7 Å². The molecule has 0 bridgehead atoms. The number of hydrogen-bond acceptors (Lipinski definition) is 4. The van der Waals surface area contributed by atoms with Crippen molar-refractivity contribution >= 4 is 23.4 Å². The molecular formula is C18H24N2O4. The Hall–Kier alpha value is -2.37. The van der Waals surface area contributed by atoms with Crippen LogP contribution in [0, 0.1) is 0 Å². The number of rotatable bonds is 4. The lowest BCUT2D eigenvalue weighted by Gasteiger charge is -2.38. The van der Waals surface area contributed by atoms with Crippen molar-refractivity contribution in [1.29, 1.82) is 0 Å². The van der Waals surface area contributed by atoms with Crippen LogP contribution in [0.25, 0.3) is 0 Å². The molecular weight excluding hydrogens is 308 g/mol. The first kappa shape index (κ1) is 18.0. The van der Waals surface area contributed by atoms with Crippen LogP contribution in [-0.2, 0) is 14.4 Å². The Labute approximate surface area is 142 Å². The number of anilines is 1. The summed E-state index contributed by atoms with van der Waals surface area (Å²) in [5.74, 6) is -0.210. The maximum Gasteiger partial charge on any atom is 0.257 e. The molecule has 0 radical (unpaired) electrons. The first-order valence-electron chi connectivity index (χ1n) is 8.06. The van der Waals surface area contributed by atoms with Gasteiger partial charge in [-0.25, -0.2) is 4.90 Å². The van der Waals surface area contributed by atoms with E-state index in [1.165, 1.54) is 11.8 Å². The van der Waals surface area contributed by atoms with Crippen LogP contribution < -0.4 is 9.64 Å². The fourth-order valence-corrected chi connectivity index (χ4v) is 3.11. The van der Waals surface area contributed by atoms with Gasteiger partial charge in [0.2, 0.25) is 11.8 Å². The summed E-state index contributed by atoms with van der Waals surface area (Å²) in [5.41, 5.74) is -0.0465. The van der Waals surface area contributed by atoms with Crippen molar-refractivity contribution in [1.82, 2.24) is 4.90 Å². The first-order valence-corrected chi connectivity index (χ1v) is 8.06. The largest absolute Gasteiger partial charge is 0.494 e. The molecule has 1 heterocycles. The molecule has 0 aromatic heterocycles. The molecule has 1 aliphatic heterocycles. The lowest BCUT2D eigenvalue weighted by molar-refractivity contribution is -0.142. The van der Waals surface area contributed by atoms with Crippen molar-refractivity contribution in [3.8, 4) is 5.75 Å². The van der Waals surface area contributed by atoms with Gasteiger partial charge < -0.3 is 9.64 Å². The summed E-state index contributed by atoms with van der Waals surface area (Å²) in [6.07, 6.45) is 0.00287. The summed E-state index contributed by atoms with van der Waals surface area (Å²) < 4.78 is 5.37. The second kappa shape index (κ2) is 6.63. The topological polar surface area (TPSA) is 66.9 Å². The molecule has 6 nitrogen and oxygen atoms in total. The zero-order valence-electron chi connectivity index (χ0n) is 14.8. The molecule has 24 heavy (non-hydrogen) atoms. The van der Waals surface area contributed by atoms with Crippen LogP contribution in [0.5, 0.6) is 5.75 Å². The van der Waals surface area contributed by atoms with Crippen molar-refractivity contribution in [2.75, 3.05) is 11.5 Å². The van der Waals surface area contributed by atoms with Crippen LogP contribution in [0.2, 0.25) is 0 Å². The average molecular weight is 332 g/mol. The minimum absolute atomic E-state index is 0.00287. The number of imide groups is 1. The monoisotopic (exact) mass is 332 g/mol. The van der Waals surface area contributed by atoms with E-state index in [-0.39, 0.29) is 24.1 Å². The molecule has 6 heteroatoms. The van der Waals surface area contributed by atoms with Crippen LogP contribution >= 0.6 is 0 Å². The van der Waals surface area contributed by atoms with Crippen molar-refractivity contribution in [3.63, 3.8) is 0 Å².